The highest BCUT2D eigenvalue weighted by Crippen LogP contribution is 2.49. The first-order valence-corrected chi connectivity index (χ1v) is 12.1. The summed E-state index contributed by atoms with van der Waals surface area (Å²) in [5, 5.41) is 10.6. The molecule has 2 atom stereocenters. The zero-order valence-corrected chi connectivity index (χ0v) is 19.0. The van der Waals surface area contributed by atoms with E-state index < -0.39 is 5.41 Å². The van der Waals surface area contributed by atoms with Crippen molar-refractivity contribution in [2.75, 3.05) is 7.05 Å². The fraction of sp³-hybridized carbons (Fsp3) is 0.367. The summed E-state index contributed by atoms with van der Waals surface area (Å²) >= 11 is 0. The highest BCUT2D eigenvalue weighted by atomic mass is 15.4. The molecule has 32 heavy (non-hydrogen) atoms. The van der Waals surface area contributed by atoms with Crippen LogP contribution in [0.25, 0.3) is 0 Å². The summed E-state index contributed by atoms with van der Waals surface area (Å²) < 4.78 is 1.18. The second-order valence-electron chi connectivity index (χ2n) is 10.2. The highest BCUT2D eigenvalue weighted by molar-refractivity contribution is 5.46. The van der Waals surface area contributed by atoms with Crippen LogP contribution in [0.1, 0.15) is 48.8 Å². The Balaban J connectivity index is 1.43. The van der Waals surface area contributed by atoms with Gasteiger partial charge in [-0.15, -0.1) is 0 Å². The van der Waals surface area contributed by atoms with Gasteiger partial charge in [0.1, 0.15) is 12.0 Å². The minimum absolute atomic E-state index is 0.577. The molecule has 0 spiro atoms. The summed E-state index contributed by atoms with van der Waals surface area (Å²) in [5.74, 6) is 0.578. The second kappa shape index (κ2) is 8.57. The molecule has 0 aliphatic carbocycles. The third kappa shape index (κ3) is 3.65. The fourth-order valence-corrected chi connectivity index (χ4v) is 6.71. The van der Waals surface area contributed by atoms with Crippen LogP contribution < -0.4 is 0 Å². The van der Waals surface area contributed by atoms with Crippen molar-refractivity contribution in [2.45, 2.75) is 56.1 Å². The van der Waals surface area contributed by atoms with E-state index in [0.717, 1.165) is 24.1 Å². The summed E-state index contributed by atoms with van der Waals surface area (Å²) in [6, 6.07) is 36.1. The van der Waals surface area contributed by atoms with Crippen molar-refractivity contribution < 1.29 is 4.48 Å². The molecule has 0 saturated carbocycles. The van der Waals surface area contributed by atoms with Crippen LogP contribution >= 0.6 is 0 Å². The molecule has 2 heterocycles. The van der Waals surface area contributed by atoms with Crippen molar-refractivity contribution in [3.05, 3.63) is 108 Å². The molecule has 0 amide bonds. The molecule has 0 N–H and O–H groups in total. The van der Waals surface area contributed by atoms with Crippen molar-refractivity contribution in [1.29, 1.82) is 5.26 Å². The Morgan fingerprint density at radius 2 is 1.25 bits per heavy atom. The van der Waals surface area contributed by atoms with E-state index in [1.54, 1.807) is 0 Å². The molecule has 2 aliphatic rings. The van der Waals surface area contributed by atoms with Gasteiger partial charge in [-0.3, -0.25) is 0 Å². The molecule has 2 fully saturated rings. The van der Waals surface area contributed by atoms with Gasteiger partial charge in [-0.25, -0.2) is 0 Å². The summed E-state index contributed by atoms with van der Waals surface area (Å²) in [6.07, 6.45) is 6.00. The molecule has 0 aromatic heterocycles. The summed E-state index contributed by atoms with van der Waals surface area (Å²) in [5.41, 5.74) is 3.14. The number of nitrogens with zero attached hydrogens (tertiary/aromatic N) is 2. The summed E-state index contributed by atoms with van der Waals surface area (Å²) in [7, 11) is 2.48. The van der Waals surface area contributed by atoms with Gasteiger partial charge in [-0.2, -0.15) is 5.26 Å². The van der Waals surface area contributed by atoms with E-state index in [4.69, 9.17) is 0 Å². The third-order valence-electron chi connectivity index (χ3n) is 8.40. The van der Waals surface area contributed by atoms with E-state index in [9.17, 15) is 5.26 Å². The SMILES string of the molecule is C[N+]1(Cc2ccccc2)C2CCC1CC(CC(C#N)(c1ccccc1)c1ccccc1)C2. The van der Waals surface area contributed by atoms with Crippen LogP contribution in [0.15, 0.2) is 91.0 Å². The highest BCUT2D eigenvalue weighted by Gasteiger charge is 2.52. The van der Waals surface area contributed by atoms with Crippen molar-refractivity contribution in [2.24, 2.45) is 5.92 Å². The fourth-order valence-electron chi connectivity index (χ4n) is 6.71. The zero-order valence-electron chi connectivity index (χ0n) is 19.0. The number of benzene rings is 3. The molecular weight excluding hydrogens is 388 g/mol. The smallest absolute Gasteiger partial charge is 0.107 e. The number of rotatable bonds is 6. The van der Waals surface area contributed by atoms with Gasteiger partial charge in [0, 0.05) is 31.2 Å². The van der Waals surface area contributed by atoms with Crippen LogP contribution in [0.3, 0.4) is 0 Å². The van der Waals surface area contributed by atoms with Crippen molar-refractivity contribution in [3.8, 4) is 6.07 Å². The molecule has 2 aliphatic heterocycles. The Kier molecular flexibility index (Phi) is 5.62. The average Bonchev–Trinajstić information content (AvgIpc) is 3.00. The molecule has 3 aromatic rings. The maximum Gasteiger partial charge on any atom is 0.107 e. The van der Waals surface area contributed by atoms with Crippen molar-refractivity contribution in [3.63, 3.8) is 0 Å². The number of hydrogen-bond acceptors (Lipinski definition) is 1. The first-order chi connectivity index (χ1) is 15.6. The van der Waals surface area contributed by atoms with Gasteiger partial charge in [0.15, 0.2) is 0 Å². The molecule has 2 saturated heterocycles. The topological polar surface area (TPSA) is 23.8 Å². The van der Waals surface area contributed by atoms with Crippen molar-refractivity contribution >= 4 is 0 Å². The lowest BCUT2D eigenvalue weighted by Gasteiger charge is -2.48. The predicted octanol–water partition coefficient (Wildman–Crippen LogP) is 6.47. The van der Waals surface area contributed by atoms with E-state index in [-0.39, 0.29) is 0 Å². The lowest BCUT2D eigenvalue weighted by atomic mass is 9.67. The number of nitriles is 1. The van der Waals surface area contributed by atoms with Crippen LogP contribution in [0.4, 0.5) is 0 Å². The van der Waals surface area contributed by atoms with E-state index in [1.165, 1.54) is 35.7 Å². The van der Waals surface area contributed by atoms with Gasteiger partial charge in [0.2, 0.25) is 0 Å². The maximum atomic E-state index is 10.6. The Morgan fingerprint density at radius 1 is 0.781 bits per heavy atom. The summed E-state index contributed by atoms with van der Waals surface area (Å²) in [6.45, 7) is 1.13. The molecule has 2 unspecified atom stereocenters. The lowest BCUT2D eigenvalue weighted by molar-refractivity contribution is -0.962. The lowest BCUT2D eigenvalue weighted by Crippen LogP contribution is -2.57. The average molecular weight is 422 g/mol. The van der Waals surface area contributed by atoms with Gasteiger partial charge in [-0.1, -0.05) is 91.0 Å². The van der Waals surface area contributed by atoms with Gasteiger partial charge in [0.25, 0.3) is 0 Å². The van der Waals surface area contributed by atoms with Gasteiger partial charge in [-0.05, 0) is 23.5 Å². The quantitative estimate of drug-likeness (QED) is 0.418. The molecule has 3 aromatic carbocycles. The predicted molar refractivity (Wildman–Crippen MR) is 130 cm³/mol. The van der Waals surface area contributed by atoms with Crippen LogP contribution in [0.5, 0.6) is 0 Å². The summed E-state index contributed by atoms with van der Waals surface area (Å²) in [4.78, 5) is 0. The molecule has 2 nitrogen and oxygen atoms in total. The zero-order chi connectivity index (χ0) is 22.0. The van der Waals surface area contributed by atoms with Crippen LogP contribution in [-0.4, -0.2) is 23.6 Å². The van der Waals surface area contributed by atoms with E-state index >= 15 is 0 Å². The molecule has 2 bridgehead atoms. The number of piperidine rings is 1. The number of hydrogen-bond donors (Lipinski definition) is 0. The van der Waals surface area contributed by atoms with Crippen molar-refractivity contribution in [1.82, 2.24) is 0 Å². The minimum atomic E-state index is -0.577. The first-order valence-electron chi connectivity index (χ1n) is 12.1. The van der Waals surface area contributed by atoms with Gasteiger partial charge < -0.3 is 4.48 Å². The van der Waals surface area contributed by atoms with Gasteiger partial charge in [0.05, 0.1) is 25.2 Å². The Labute approximate surface area is 192 Å². The largest absolute Gasteiger partial charge is 0.317 e. The normalized spacial score (nSPS) is 27.1. The van der Waals surface area contributed by atoms with E-state index in [1.807, 2.05) is 12.1 Å². The Hall–Kier alpha value is -2.89. The minimum Gasteiger partial charge on any atom is -0.317 e. The van der Waals surface area contributed by atoms with Crippen LogP contribution in [-0.2, 0) is 12.0 Å². The monoisotopic (exact) mass is 421 g/mol. The molecule has 162 valence electrons. The number of quaternary nitrogens is 1. The Morgan fingerprint density at radius 3 is 1.72 bits per heavy atom. The molecule has 5 rings (SSSR count). The molecule has 2 heteroatoms. The molecular formula is C30H33N2+. The first kappa shape index (κ1) is 21.0. The van der Waals surface area contributed by atoms with Crippen LogP contribution in [0, 0.1) is 17.2 Å². The standard InChI is InChI=1S/C30H33N2/c1-32(22-24-11-5-2-6-12-24)28-17-18-29(32)20-25(19-28)21-30(23-31,26-13-7-3-8-14-26)27-15-9-4-10-16-27/h2-16,25,28-29H,17-22H2,1H3/q+1. The molecule has 0 radical (unpaired) electrons. The number of fused-ring (bicyclic) bond motifs is 2. The van der Waals surface area contributed by atoms with Crippen LogP contribution in [0.2, 0.25) is 0 Å². The second-order valence-corrected chi connectivity index (χ2v) is 10.2. The van der Waals surface area contributed by atoms with Gasteiger partial charge >= 0.3 is 0 Å². The van der Waals surface area contributed by atoms with E-state index in [2.05, 4.69) is 92.0 Å². The Bertz CT molecular complexity index is 1010. The third-order valence-corrected chi connectivity index (χ3v) is 8.40. The van der Waals surface area contributed by atoms with E-state index in [0.29, 0.717) is 18.0 Å². The maximum absolute atomic E-state index is 10.6.